The first-order valence-electron chi connectivity index (χ1n) is 12.2. The molecule has 1 heterocycles. The van der Waals surface area contributed by atoms with Gasteiger partial charge < -0.3 is 25.4 Å². The lowest BCUT2D eigenvalue weighted by Gasteiger charge is -2.14. The van der Waals surface area contributed by atoms with E-state index in [1.165, 1.54) is 14.2 Å². The first kappa shape index (κ1) is 27.9. The Bertz CT molecular complexity index is 1610. The lowest BCUT2D eigenvalue weighted by Crippen LogP contribution is -2.23. The van der Waals surface area contributed by atoms with Gasteiger partial charge in [-0.15, -0.1) is 6.42 Å². The molecule has 0 saturated carbocycles. The second-order valence-corrected chi connectivity index (χ2v) is 8.64. The number of benzene rings is 3. The Kier molecular flexibility index (Phi) is 9.15. The molecule has 0 unspecified atom stereocenters. The van der Waals surface area contributed by atoms with Crippen LogP contribution in [-0.4, -0.2) is 61.7 Å². The standard InChI is InChI=1S/C30H27N5O5/c1-4-13-31-30(38)21-11-12-24-25(16-21)35-29(20-8-6-10-23(15-20)33-27(37)18-40-3)28(34-24)19-7-5-9-22(14-19)32-26(36)17-39-2/h1,5-12,14-16H,13,17-18H2,2-3H3,(H,31,38)(H,32,36)(H,33,37). The molecule has 0 saturated heterocycles. The van der Waals surface area contributed by atoms with Crippen LogP contribution in [0.5, 0.6) is 0 Å². The topological polar surface area (TPSA) is 132 Å². The molecule has 0 radical (unpaired) electrons. The summed E-state index contributed by atoms with van der Waals surface area (Å²) in [6, 6.07) is 19.4. The van der Waals surface area contributed by atoms with Crippen LogP contribution in [0.2, 0.25) is 0 Å². The molecule has 202 valence electrons. The van der Waals surface area contributed by atoms with Crippen LogP contribution in [0.25, 0.3) is 33.5 Å². The molecule has 0 aliphatic rings. The smallest absolute Gasteiger partial charge is 0.252 e. The number of hydrogen-bond acceptors (Lipinski definition) is 7. The zero-order valence-corrected chi connectivity index (χ0v) is 22.0. The second kappa shape index (κ2) is 13.1. The number of anilines is 2. The molecular weight excluding hydrogens is 510 g/mol. The van der Waals surface area contributed by atoms with Crippen molar-refractivity contribution in [3.8, 4) is 34.9 Å². The zero-order valence-electron chi connectivity index (χ0n) is 22.0. The van der Waals surface area contributed by atoms with Crippen molar-refractivity contribution in [1.82, 2.24) is 15.3 Å². The SMILES string of the molecule is C#CCNC(=O)c1ccc2nc(-c3cccc(NC(=O)COC)c3)c(-c3cccc(NC(=O)COC)c3)nc2c1. The number of methoxy groups -OCH3 is 2. The van der Waals surface area contributed by atoms with E-state index in [0.29, 0.717) is 50.5 Å². The molecule has 4 aromatic rings. The van der Waals surface area contributed by atoms with E-state index < -0.39 is 0 Å². The van der Waals surface area contributed by atoms with Gasteiger partial charge in [-0.2, -0.15) is 0 Å². The third kappa shape index (κ3) is 6.85. The lowest BCUT2D eigenvalue weighted by atomic mass is 10.0. The molecule has 0 bridgehead atoms. The maximum atomic E-state index is 12.5. The number of amides is 3. The van der Waals surface area contributed by atoms with Crippen LogP contribution in [0.3, 0.4) is 0 Å². The molecule has 3 aromatic carbocycles. The van der Waals surface area contributed by atoms with Crippen molar-refractivity contribution in [2.24, 2.45) is 0 Å². The molecule has 10 nitrogen and oxygen atoms in total. The third-order valence-corrected chi connectivity index (χ3v) is 5.67. The van der Waals surface area contributed by atoms with Crippen LogP contribution >= 0.6 is 0 Å². The van der Waals surface area contributed by atoms with Gasteiger partial charge >= 0.3 is 0 Å². The highest BCUT2D eigenvalue weighted by atomic mass is 16.5. The Morgan fingerprint density at radius 1 is 0.775 bits per heavy atom. The Hall–Kier alpha value is -5.11. The molecule has 0 atom stereocenters. The highest BCUT2D eigenvalue weighted by Gasteiger charge is 2.16. The fourth-order valence-corrected chi connectivity index (χ4v) is 3.98. The van der Waals surface area contributed by atoms with Crippen molar-refractivity contribution < 1.29 is 23.9 Å². The minimum absolute atomic E-state index is 0.0793. The summed E-state index contributed by atoms with van der Waals surface area (Å²) in [5.74, 6) is 1.46. The van der Waals surface area contributed by atoms with Crippen LogP contribution < -0.4 is 16.0 Å². The van der Waals surface area contributed by atoms with Crippen molar-refractivity contribution in [2.45, 2.75) is 0 Å². The monoisotopic (exact) mass is 537 g/mol. The number of rotatable bonds is 10. The first-order chi connectivity index (χ1) is 19.4. The zero-order chi connectivity index (χ0) is 28.5. The van der Waals surface area contributed by atoms with Crippen LogP contribution in [0.15, 0.2) is 66.7 Å². The van der Waals surface area contributed by atoms with Crippen LogP contribution in [-0.2, 0) is 19.1 Å². The summed E-state index contributed by atoms with van der Waals surface area (Å²) in [7, 11) is 2.89. The number of carbonyl (C=O) groups is 3. The van der Waals surface area contributed by atoms with E-state index in [2.05, 4.69) is 21.9 Å². The fourth-order valence-electron chi connectivity index (χ4n) is 3.98. The predicted octanol–water partition coefficient (Wildman–Crippen LogP) is 3.50. The van der Waals surface area contributed by atoms with Gasteiger partial charge in [0.1, 0.15) is 13.2 Å². The number of hydrogen-bond donors (Lipinski definition) is 3. The van der Waals surface area contributed by atoms with Gasteiger partial charge in [0.2, 0.25) is 11.8 Å². The minimum Gasteiger partial charge on any atom is -0.375 e. The molecule has 0 fully saturated rings. The molecule has 1 aromatic heterocycles. The molecule has 3 N–H and O–H groups in total. The van der Waals surface area contributed by atoms with Crippen molar-refractivity contribution in [1.29, 1.82) is 0 Å². The molecule has 3 amide bonds. The normalized spacial score (nSPS) is 10.5. The number of terminal acetylenes is 1. The number of aromatic nitrogens is 2. The largest absolute Gasteiger partial charge is 0.375 e. The predicted molar refractivity (Wildman–Crippen MR) is 153 cm³/mol. The van der Waals surface area contributed by atoms with E-state index in [0.717, 1.165) is 0 Å². The summed E-state index contributed by atoms with van der Waals surface area (Å²) in [6.07, 6.45) is 5.26. The minimum atomic E-state index is -0.324. The van der Waals surface area contributed by atoms with E-state index >= 15 is 0 Å². The third-order valence-electron chi connectivity index (χ3n) is 5.67. The average Bonchev–Trinajstić information content (AvgIpc) is 2.95. The van der Waals surface area contributed by atoms with E-state index in [1.54, 1.807) is 54.6 Å². The Balaban J connectivity index is 1.84. The van der Waals surface area contributed by atoms with Gasteiger partial charge in [-0.3, -0.25) is 14.4 Å². The van der Waals surface area contributed by atoms with Crippen molar-refractivity contribution >= 4 is 40.1 Å². The quantitative estimate of drug-likeness (QED) is 0.264. The Labute approximate surface area is 231 Å². The molecular formula is C30H27N5O5. The van der Waals surface area contributed by atoms with Gasteiger partial charge in [-0.25, -0.2) is 9.97 Å². The molecule has 4 rings (SSSR count). The van der Waals surface area contributed by atoms with Crippen LogP contribution in [0.4, 0.5) is 11.4 Å². The number of nitrogens with zero attached hydrogens (tertiary/aromatic N) is 2. The molecule has 0 aliphatic carbocycles. The lowest BCUT2D eigenvalue weighted by molar-refractivity contribution is -0.120. The number of carbonyl (C=O) groups excluding carboxylic acids is 3. The summed E-state index contributed by atoms with van der Waals surface area (Å²) in [5.41, 5.74) is 4.98. The summed E-state index contributed by atoms with van der Waals surface area (Å²) in [4.78, 5) is 46.5. The highest BCUT2D eigenvalue weighted by molar-refractivity contribution is 5.99. The maximum absolute atomic E-state index is 12.5. The van der Waals surface area contributed by atoms with E-state index in [-0.39, 0.29) is 37.5 Å². The summed E-state index contributed by atoms with van der Waals surface area (Å²) in [5, 5.41) is 8.24. The number of nitrogens with one attached hydrogen (secondary N) is 3. The van der Waals surface area contributed by atoms with Crippen molar-refractivity contribution in [2.75, 3.05) is 44.6 Å². The highest BCUT2D eigenvalue weighted by Crippen LogP contribution is 2.33. The summed E-state index contributed by atoms with van der Waals surface area (Å²) < 4.78 is 9.82. The molecule has 0 aliphatic heterocycles. The van der Waals surface area contributed by atoms with Gasteiger partial charge in [0.25, 0.3) is 5.91 Å². The average molecular weight is 538 g/mol. The van der Waals surface area contributed by atoms with Crippen LogP contribution in [0, 0.1) is 12.3 Å². The van der Waals surface area contributed by atoms with Crippen molar-refractivity contribution in [3.05, 3.63) is 72.3 Å². The van der Waals surface area contributed by atoms with Gasteiger partial charge in [0.15, 0.2) is 0 Å². The molecule has 10 heteroatoms. The van der Waals surface area contributed by atoms with Crippen molar-refractivity contribution in [3.63, 3.8) is 0 Å². The molecule has 40 heavy (non-hydrogen) atoms. The first-order valence-corrected chi connectivity index (χ1v) is 12.2. The van der Waals surface area contributed by atoms with E-state index in [1.807, 2.05) is 12.1 Å². The second-order valence-electron chi connectivity index (χ2n) is 8.64. The van der Waals surface area contributed by atoms with Gasteiger partial charge in [0, 0.05) is 42.3 Å². The Morgan fingerprint density at radius 2 is 1.32 bits per heavy atom. The Morgan fingerprint density at radius 3 is 1.85 bits per heavy atom. The van der Waals surface area contributed by atoms with E-state index in [9.17, 15) is 14.4 Å². The van der Waals surface area contributed by atoms with E-state index in [4.69, 9.17) is 25.9 Å². The maximum Gasteiger partial charge on any atom is 0.252 e. The fraction of sp³-hybridized carbons (Fsp3) is 0.167. The number of fused-ring (bicyclic) bond motifs is 1. The summed E-state index contributed by atoms with van der Waals surface area (Å²) in [6.45, 7) is -0.0625. The van der Waals surface area contributed by atoms with Gasteiger partial charge in [0.05, 0.1) is 29.0 Å². The summed E-state index contributed by atoms with van der Waals surface area (Å²) >= 11 is 0. The van der Waals surface area contributed by atoms with Crippen LogP contribution in [0.1, 0.15) is 10.4 Å². The molecule has 0 spiro atoms. The van der Waals surface area contributed by atoms with Gasteiger partial charge in [-0.05, 0) is 42.5 Å². The van der Waals surface area contributed by atoms with Gasteiger partial charge in [-0.1, -0.05) is 30.2 Å². The number of ether oxygens (including phenoxy) is 2.